The van der Waals surface area contributed by atoms with Crippen molar-refractivity contribution in [2.45, 2.75) is 19.8 Å². The van der Waals surface area contributed by atoms with Crippen LogP contribution in [0.15, 0.2) is 36.4 Å². The van der Waals surface area contributed by atoms with Crippen molar-refractivity contribution in [1.29, 1.82) is 0 Å². The van der Waals surface area contributed by atoms with E-state index >= 15 is 4.39 Å². The van der Waals surface area contributed by atoms with Crippen molar-refractivity contribution in [2.75, 3.05) is 13.1 Å². The summed E-state index contributed by atoms with van der Waals surface area (Å²) in [7, 11) is 0. The van der Waals surface area contributed by atoms with Crippen LogP contribution in [0.2, 0.25) is 0 Å². The van der Waals surface area contributed by atoms with Gasteiger partial charge in [-0.25, -0.2) is 4.39 Å². The van der Waals surface area contributed by atoms with Crippen molar-refractivity contribution in [3.05, 3.63) is 64.5 Å². The van der Waals surface area contributed by atoms with E-state index in [-0.39, 0.29) is 11.5 Å². The van der Waals surface area contributed by atoms with Crippen LogP contribution in [0.1, 0.15) is 40.4 Å². The first kappa shape index (κ1) is 18.0. The Morgan fingerprint density at radius 1 is 1.21 bits per heavy atom. The van der Waals surface area contributed by atoms with E-state index in [1.807, 2.05) is 30.3 Å². The first-order valence-electron chi connectivity index (χ1n) is 9.15. The largest absolute Gasteiger partial charge is 0.366 e. The van der Waals surface area contributed by atoms with Crippen LogP contribution in [0.3, 0.4) is 0 Å². The molecule has 2 aliphatic rings. The molecule has 4 nitrogen and oxygen atoms in total. The van der Waals surface area contributed by atoms with Crippen LogP contribution in [0.4, 0.5) is 4.39 Å². The molecular formula is C23H19FN2O2. The zero-order valence-corrected chi connectivity index (χ0v) is 15.5. The zero-order valence-electron chi connectivity index (χ0n) is 15.5. The molecule has 2 amide bonds. The first-order chi connectivity index (χ1) is 13.5. The fraction of sp³-hybridized carbons (Fsp3) is 0.217. The van der Waals surface area contributed by atoms with Gasteiger partial charge in [0.1, 0.15) is 5.82 Å². The van der Waals surface area contributed by atoms with Gasteiger partial charge in [0, 0.05) is 24.2 Å². The van der Waals surface area contributed by atoms with Crippen LogP contribution in [-0.2, 0) is 11.2 Å². The minimum absolute atomic E-state index is 0.224. The van der Waals surface area contributed by atoms with E-state index in [0.717, 1.165) is 27.8 Å². The number of halogens is 1. The van der Waals surface area contributed by atoms with Crippen LogP contribution in [0.5, 0.6) is 0 Å². The molecule has 0 unspecified atom stereocenters. The molecule has 1 aliphatic heterocycles. The molecule has 0 spiro atoms. The standard InChI is InChI=1S/C23H19FN2O2/c1-2-5-20(27)26-10-8-14(9-11-26)21-19(24)13-18(23(25)28)17-12-15-6-3-4-7-16(15)22(17)21/h3-4,6-8,13H,9-12H2,1H3,(H2,25,28). The van der Waals surface area contributed by atoms with Gasteiger partial charge in [0.15, 0.2) is 0 Å². The summed E-state index contributed by atoms with van der Waals surface area (Å²) < 4.78 is 15.2. The van der Waals surface area contributed by atoms with Crippen molar-refractivity contribution in [3.63, 3.8) is 0 Å². The third-order valence-electron chi connectivity index (χ3n) is 5.36. The maximum atomic E-state index is 15.2. The lowest BCUT2D eigenvalue weighted by atomic mass is 9.88. The highest BCUT2D eigenvalue weighted by Gasteiger charge is 2.30. The normalized spacial score (nSPS) is 14.5. The number of benzene rings is 2. The Morgan fingerprint density at radius 2 is 2.00 bits per heavy atom. The number of hydrogen-bond acceptors (Lipinski definition) is 2. The van der Waals surface area contributed by atoms with Crippen molar-refractivity contribution < 1.29 is 14.0 Å². The summed E-state index contributed by atoms with van der Waals surface area (Å²) in [6.07, 6.45) is 2.96. The van der Waals surface area contributed by atoms with Crippen LogP contribution >= 0.6 is 0 Å². The molecule has 1 heterocycles. The Morgan fingerprint density at radius 3 is 2.68 bits per heavy atom. The Labute approximate surface area is 162 Å². The maximum Gasteiger partial charge on any atom is 0.298 e. The lowest BCUT2D eigenvalue weighted by Gasteiger charge is -2.26. The van der Waals surface area contributed by atoms with E-state index in [0.29, 0.717) is 31.5 Å². The second kappa shape index (κ2) is 6.97. The number of carbonyl (C=O) groups is 2. The second-order valence-electron chi connectivity index (χ2n) is 6.94. The summed E-state index contributed by atoms with van der Waals surface area (Å²) in [6.45, 7) is 2.49. The van der Waals surface area contributed by atoms with Gasteiger partial charge in [-0.3, -0.25) is 9.59 Å². The number of carbonyl (C=O) groups excluding carboxylic acids is 2. The van der Waals surface area contributed by atoms with Crippen LogP contribution < -0.4 is 5.73 Å². The molecule has 0 radical (unpaired) electrons. The van der Waals surface area contributed by atoms with Crippen LogP contribution in [0, 0.1) is 17.7 Å². The quantitative estimate of drug-likeness (QED) is 0.701. The first-order valence-corrected chi connectivity index (χ1v) is 9.15. The molecular weight excluding hydrogens is 355 g/mol. The molecule has 0 saturated carbocycles. The van der Waals surface area contributed by atoms with E-state index in [2.05, 4.69) is 11.8 Å². The fourth-order valence-corrected chi connectivity index (χ4v) is 4.08. The van der Waals surface area contributed by atoms with Crippen molar-refractivity contribution in [1.82, 2.24) is 4.90 Å². The number of amides is 2. The Hall–Kier alpha value is -3.39. The van der Waals surface area contributed by atoms with E-state index in [1.165, 1.54) is 6.07 Å². The van der Waals surface area contributed by atoms with Crippen molar-refractivity contribution in [2.24, 2.45) is 5.73 Å². The number of primary amides is 1. The van der Waals surface area contributed by atoms with Crippen molar-refractivity contribution in [3.8, 4) is 23.0 Å². The summed E-state index contributed by atoms with van der Waals surface area (Å²) in [6, 6.07) is 9.03. The molecule has 5 heteroatoms. The summed E-state index contributed by atoms with van der Waals surface area (Å²) in [5.41, 5.74) is 10.6. The molecule has 0 atom stereocenters. The van der Waals surface area contributed by atoms with Crippen LogP contribution in [-0.4, -0.2) is 29.8 Å². The molecule has 2 N–H and O–H groups in total. The highest BCUT2D eigenvalue weighted by atomic mass is 19.1. The van der Waals surface area contributed by atoms with Gasteiger partial charge in [0.05, 0.1) is 0 Å². The molecule has 1 aliphatic carbocycles. The topological polar surface area (TPSA) is 63.4 Å². The molecule has 2 aromatic carbocycles. The average molecular weight is 374 g/mol. The molecule has 0 bridgehead atoms. The van der Waals surface area contributed by atoms with Gasteiger partial charge in [-0.1, -0.05) is 36.3 Å². The predicted molar refractivity (Wildman–Crippen MR) is 106 cm³/mol. The number of hydrogen-bond donors (Lipinski definition) is 1. The van der Waals surface area contributed by atoms with Gasteiger partial charge >= 0.3 is 0 Å². The van der Waals surface area contributed by atoms with Gasteiger partial charge in [-0.05, 0) is 59.6 Å². The fourth-order valence-electron chi connectivity index (χ4n) is 4.08. The second-order valence-corrected chi connectivity index (χ2v) is 6.94. The monoisotopic (exact) mass is 374 g/mol. The summed E-state index contributed by atoms with van der Waals surface area (Å²) in [4.78, 5) is 25.5. The third-order valence-corrected chi connectivity index (χ3v) is 5.36. The van der Waals surface area contributed by atoms with E-state index in [9.17, 15) is 9.59 Å². The Balaban J connectivity index is 1.84. The zero-order chi connectivity index (χ0) is 19.8. The number of fused-ring (bicyclic) bond motifs is 3. The Bertz CT molecular complexity index is 1110. The summed E-state index contributed by atoms with van der Waals surface area (Å²) >= 11 is 0. The van der Waals surface area contributed by atoms with Crippen LogP contribution in [0.25, 0.3) is 16.7 Å². The third kappa shape index (κ3) is 2.87. The lowest BCUT2D eigenvalue weighted by Crippen LogP contribution is -2.33. The molecule has 4 rings (SSSR count). The molecule has 140 valence electrons. The number of rotatable bonds is 2. The summed E-state index contributed by atoms with van der Waals surface area (Å²) in [5, 5.41) is 0. The summed E-state index contributed by atoms with van der Waals surface area (Å²) in [5.74, 6) is 3.85. The molecule has 0 aromatic heterocycles. The number of nitrogens with two attached hydrogens (primary N) is 1. The highest BCUT2D eigenvalue weighted by molar-refractivity contribution is 6.01. The number of nitrogens with zero attached hydrogens (tertiary/aromatic N) is 1. The molecule has 28 heavy (non-hydrogen) atoms. The van der Waals surface area contributed by atoms with Crippen molar-refractivity contribution >= 4 is 17.4 Å². The van der Waals surface area contributed by atoms with Gasteiger partial charge in [0.25, 0.3) is 5.91 Å². The van der Waals surface area contributed by atoms with E-state index in [4.69, 9.17) is 5.73 Å². The van der Waals surface area contributed by atoms with E-state index < -0.39 is 11.7 Å². The van der Waals surface area contributed by atoms with Gasteiger partial charge in [-0.15, -0.1) is 0 Å². The smallest absolute Gasteiger partial charge is 0.298 e. The highest BCUT2D eigenvalue weighted by Crippen LogP contribution is 2.45. The minimum atomic E-state index is -0.623. The molecule has 0 saturated heterocycles. The lowest BCUT2D eigenvalue weighted by molar-refractivity contribution is -0.124. The SMILES string of the molecule is CC#CC(=O)N1CC=C(c2c(F)cc(C(N)=O)c3c2-c2ccccc2C3)CC1. The maximum absolute atomic E-state index is 15.2. The average Bonchev–Trinajstić information content (AvgIpc) is 3.07. The minimum Gasteiger partial charge on any atom is -0.366 e. The predicted octanol–water partition coefficient (Wildman–Crippen LogP) is 3.13. The van der Waals surface area contributed by atoms with E-state index in [1.54, 1.807) is 11.8 Å². The van der Waals surface area contributed by atoms with Gasteiger partial charge < -0.3 is 10.6 Å². The van der Waals surface area contributed by atoms with Gasteiger partial charge in [0.2, 0.25) is 5.91 Å². The molecule has 0 fully saturated rings. The van der Waals surface area contributed by atoms with Gasteiger partial charge in [-0.2, -0.15) is 0 Å². The Kier molecular flexibility index (Phi) is 4.48. The molecule has 2 aromatic rings.